The second-order valence-corrected chi connectivity index (χ2v) is 3.41. The maximum atomic E-state index is 11.2. The Hall–Kier alpha value is -2.46. The molecule has 94 valence electrons. The molecule has 0 saturated carbocycles. The number of aromatic hydroxyl groups is 1. The number of phenolic OH excluding ortho intramolecular Hbond substituents is 1. The molecule has 1 rings (SSSR count). The summed E-state index contributed by atoms with van der Waals surface area (Å²) in [5.41, 5.74) is 8.96. The topological polar surface area (TPSA) is 95.3 Å². The smallest absolute Gasteiger partial charge is 0.341 e. The van der Waals surface area contributed by atoms with Gasteiger partial charge in [0.1, 0.15) is 11.3 Å². The number of hydrogen-bond donors (Lipinski definition) is 1. The van der Waals surface area contributed by atoms with Crippen molar-refractivity contribution in [2.75, 3.05) is 13.7 Å². The lowest BCUT2D eigenvalue weighted by molar-refractivity contribution is 0.0597. The van der Waals surface area contributed by atoms with Gasteiger partial charge >= 0.3 is 5.97 Å². The van der Waals surface area contributed by atoms with Gasteiger partial charge < -0.3 is 9.84 Å². The summed E-state index contributed by atoms with van der Waals surface area (Å²) in [6.07, 6.45) is 4.21. The molecule has 0 spiro atoms. The van der Waals surface area contributed by atoms with E-state index in [2.05, 4.69) is 14.8 Å². The van der Waals surface area contributed by atoms with Gasteiger partial charge in [-0.3, -0.25) is 0 Å². The quantitative estimate of drug-likeness (QED) is 0.285. The number of nitrogens with zero attached hydrogens (tertiary/aromatic N) is 3. The largest absolute Gasteiger partial charge is 0.507 e. The minimum Gasteiger partial charge on any atom is -0.507 e. The summed E-state index contributed by atoms with van der Waals surface area (Å²) >= 11 is 0. The molecule has 1 aromatic rings. The number of hydrogen-bond acceptors (Lipinski definition) is 4. The van der Waals surface area contributed by atoms with E-state index in [9.17, 15) is 9.90 Å². The average Bonchev–Trinajstić information content (AvgIpc) is 2.38. The average molecular weight is 247 g/mol. The molecule has 0 unspecified atom stereocenters. The van der Waals surface area contributed by atoms with Gasteiger partial charge in [-0.1, -0.05) is 23.3 Å². The van der Waals surface area contributed by atoms with Gasteiger partial charge in [-0.15, -0.1) is 0 Å². The first kappa shape index (κ1) is 13.6. The molecule has 1 N–H and O–H groups in total. The molecule has 0 radical (unpaired) electrons. The predicted molar refractivity (Wildman–Crippen MR) is 67.1 cm³/mol. The molecule has 0 aliphatic carbocycles. The van der Waals surface area contributed by atoms with Gasteiger partial charge in [-0.05, 0) is 29.6 Å². The highest BCUT2D eigenvalue weighted by atomic mass is 16.5. The minimum absolute atomic E-state index is 0.126. The molecule has 0 aliphatic rings. The fourth-order valence-electron chi connectivity index (χ4n) is 1.33. The van der Waals surface area contributed by atoms with Crippen LogP contribution in [0.2, 0.25) is 0 Å². The second kappa shape index (κ2) is 6.98. The van der Waals surface area contributed by atoms with Crippen LogP contribution in [0.5, 0.6) is 5.75 Å². The molecule has 0 heterocycles. The SMILES string of the molecule is COC(=O)c1ccc(C=CCCN=[N+]=[N-])cc1O. The number of esters is 1. The fraction of sp³-hybridized carbons (Fsp3) is 0.250. The number of phenols is 1. The molecule has 1 aromatic carbocycles. The Balaban J connectivity index is 2.72. The zero-order valence-electron chi connectivity index (χ0n) is 9.91. The fourth-order valence-corrected chi connectivity index (χ4v) is 1.33. The van der Waals surface area contributed by atoms with Crippen LogP contribution >= 0.6 is 0 Å². The van der Waals surface area contributed by atoms with Crippen molar-refractivity contribution in [3.8, 4) is 5.75 Å². The first-order valence-electron chi connectivity index (χ1n) is 5.27. The number of rotatable bonds is 5. The molecule has 0 aromatic heterocycles. The van der Waals surface area contributed by atoms with E-state index in [0.29, 0.717) is 13.0 Å². The van der Waals surface area contributed by atoms with Crippen molar-refractivity contribution in [3.63, 3.8) is 0 Å². The Morgan fingerprint density at radius 2 is 2.39 bits per heavy atom. The van der Waals surface area contributed by atoms with Crippen LogP contribution in [0.3, 0.4) is 0 Å². The van der Waals surface area contributed by atoms with Gasteiger partial charge in [0, 0.05) is 11.5 Å². The predicted octanol–water partition coefficient (Wildman–Crippen LogP) is 2.89. The first-order chi connectivity index (χ1) is 8.69. The maximum absolute atomic E-state index is 11.2. The van der Waals surface area contributed by atoms with Crippen molar-refractivity contribution in [2.45, 2.75) is 6.42 Å². The van der Waals surface area contributed by atoms with Crippen LogP contribution < -0.4 is 0 Å². The third-order valence-corrected chi connectivity index (χ3v) is 2.20. The van der Waals surface area contributed by atoms with E-state index in [-0.39, 0.29) is 11.3 Å². The number of carbonyl (C=O) groups excluding carboxylic acids is 1. The van der Waals surface area contributed by atoms with E-state index >= 15 is 0 Å². The molecule has 0 saturated heterocycles. The number of benzene rings is 1. The van der Waals surface area contributed by atoms with Crippen LogP contribution in [0.4, 0.5) is 0 Å². The number of methoxy groups -OCH3 is 1. The first-order valence-corrected chi connectivity index (χ1v) is 5.27. The zero-order valence-corrected chi connectivity index (χ0v) is 9.91. The highest BCUT2D eigenvalue weighted by Crippen LogP contribution is 2.20. The van der Waals surface area contributed by atoms with E-state index in [1.54, 1.807) is 12.1 Å². The van der Waals surface area contributed by atoms with Gasteiger partial charge in [0.05, 0.1) is 7.11 Å². The molecule has 0 bridgehead atoms. The summed E-state index contributed by atoms with van der Waals surface area (Å²) in [5.74, 6) is -0.703. The van der Waals surface area contributed by atoms with E-state index in [4.69, 9.17) is 5.53 Å². The lowest BCUT2D eigenvalue weighted by Gasteiger charge is -2.03. The monoisotopic (exact) mass is 247 g/mol. The van der Waals surface area contributed by atoms with Crippen LogP contribution in [-0.4, -0.2) is 24.7 Å². The van der Waals surface area contributed by atoms with E-state index in [1.165, 1.54) is 19.2 Å². The molecule has 0 fully saturated rings. The highest BCUT2D eigenvalue weighted by Gasteiger charge is 2.10. The molecule has 0 amide bonds. The summed E-state index contributed by atoms with van der Waals surface area (Å²) < 4.78 is 4.52. The Labute approximate surface area is 104 Å². The molecule has 6 nitrogen and oxygen atoms in total. The van der Waals surface area contributed by atoms with Crippen LogP contribution in [0, 0.1) is 0 Å². The van der Waals surface area contributed by atoms with Gasteiger partial charge in [0.25, 0.3) is 0 Å². The van der Waals surface area contributed by atoms with Crippen molar-refractivity contribution in [3.05, 3.63) is 45.8 Å². The summed E-state index contributed by atoms with van der Waals surface area (Å²) in [4.78, 5) is 13.9. The summed E-state index contributed by atoms with van der Waals surface area (Å²) in [5, 5.41) is 13.0. The van der Waals surface area contributed by atoms with Gasteiger partial charge in [0.15, 0.2) is 0 Å². The van der Waals surface area contributed by atoms with Crippen molar-refractivity contribution in [1.29, 1.82) is 0 Å². The van der Waals surface area contributed by atoms with Crippen molar-refractivity contribution in [2.24, 2.45) is 5.11 Å². The zero-order chi connectivity index (χ0) is 13.4. The van der Waals surface area contributed by atoms with Crippen LogP contribution in [0.1, 0.15) is 22.3 Å². The Kier molecular flexibility index (Phi) is 5.28. The van der Waals surface area contributed by atoms with Crippen LogP contribution in [0.25, 0.3) is 16.5 Å². The Bertz CT molecular complexity index is 505. The van der Waals surface area contributed by atoms with E-state index < -0.39 is 5.97 Å². The molecule has 18 heavy (non-hydrogen) atoms. The second-order valence-electron chi connectivity index (χ2n) is 3.41. The third kappa shape index (κ3) is 3.84. The summed E-state index contributed by atoms with van der Waals surface area (Å²) in [6.45, 7) is 0.388. The molecular weight excluding hydrogens is 234 g/mol. The van der Waals surface area contributed by atoms with Gasteiger partial charge in [-0.2, -0.15) is 0 Å². The van der Waals surface area contributed by atoms with E-state index in [1.807, 2.05) is 6.08 Å². The van der Waals surface area contributed by atoms with E-state index in [0.717, 1.165) is 5.56 Å². The summed E-state index contributed by atoms with van der Waals surface area (Å²) in [7, 11) is 1.26. The number of ether oxygens (including phenoxy) is 1. The molecule has 6 heteroatoms. The number of carbonyl (C=O) groups is 1. The molecule has 0 aliphatic heterocycles. The van der Waals surface area contributed by atoms with Gasteiger partial charge in [0.2, 0.25) is 0 Å². The van der Waals surface area contributed by atoms with Crippen molar-refractivity contribution in [1.82, 2.24) is 0 Å². The third-order valence-electron chi connectivity index (χ3n) is 2.20. The minimum atomic E-state index is -0.577. The highest BCUT2D eigenvalue weighted by molar-refractivity contribution is 5.92. The van der Waals surface area contributed by atoms with Crippen molar-refractivity contribution < 1.29 is 14.6 Å². The van der Waals surface area contributed by atoms with Crippen LogP contribution in [0.15, 0.2) is 29.4 Å². The summed E-state index contributed by atoms with van der Waals surface area (Å²) in [6, 6.07) is 4.65. The maximum Gasteiger partial charge on any atom is 0.341 e. The number of azide groups is 1. The Morgan fingerprint density at radius 1 is 1.61 bits per heavy atom. The van der Waals surface area contributed by atoms with Crippen molar-refractivity contribution >= 4 is 12.0 Å². The Morgan fingerprint density at radius 3 is 3.00 bits per heavy atom. The normalized spacial score (nSPS) is 10.1. The van der Waals surface area contributed by atoms with Gasteiger partial charge in [-0.25, -0.2) is 4.79 Å². The molecular formula is C12H13N3O3. The standard InChI is InChI=1S/C12H13N3O3/c1-18-12(17)10-6-5-9(8-11(10)16)4-2-3-7-14-15-13/h2,4-6,8,16H,3,7H2,1H3. The lowest BCUT2D eigenvalue weighted by Crippen LogP contribution is -2.01. The lowest BCUT2D eigenvalue weighted by atomic mass is 10.1. The van der Waals surface area contributed by atoms with Crippen LogP contribution in [-0.2, 0) is 4.74 Å². The molecule has 0 atom stereocenters.